The second-order valence-corrected chi connectivity index (χ2v) is 3.20. The standard InChI is InChI=1S/C12H16.C3H9N3/c1-5-9-10-12(8-4)11(6-2)7-3;1-2-6-3(4)5/h5-10H,2,4H2,1,3H3;2H2,1H3,(H4,4,5,6)/b9-5-,11-7-,12-10-;. The Labute approximate surface area is 111 Å². The molecule has 0 saturated carbocycles. The fraction of sp³-hybridized carbons (Fsp3) is 0.267. The molecule has 0 aromatic carbocycles. The van der Waals surface area contributed by atoms with E-state index in [1.807, 2.05) is 57.2 Å². The van der Waals surface area contributed by atoms with Crippen molar-refractivity contribution in [1.82, 2.24) is 0 Å². The van der Waals surface area contributed by atoms with Gasteiger partial charge in [0.15, 0.2) is 5.96 Å². The molecule has 0 fully saturated rings. The van der Waals surface area contributed by atoms with Gasteiger partial charge in [-0.15, -0.1) is 0 Å². The van der Waals surface area contributed by atoms with Crippen LogP contribution >= 0.6 is 0 Å². The van der Waals surface area contributed by atoms with E-state index < -0.39 is 0 Å². The van der Waals surface area contributed by atoms with E-state index in [9.17, 15) is 0 Å². The molecule has 0 bridgehead atoms. The first kappa shape index (κ1) is 18.3. The van der Waals surface area contributed by atoms with Crippen molar-refractivity contribution in [2.75, 3.05) is 6.54 Å². The van der Waals surface area contributed by atoms with Crippen molar-refractivity contribution < 1.29 is 0 Å². The van der Waals surface area contributed by atoms with Gasteiger partial charge in [-0.1, -0.05) is 49.6 Å². The van der Waals surface area contributed by atoms with Crippen molar-refractivity contribution >= 4 is 5.96 Å². The molecule has 18 heavy (non-hydrogen) atoms. The van der Waals surface area contributed by atoms with Gasteiger partial charge in [0.25, 0.3) is 0 Å². The summed E-state index contributed by atoms with van der Waals surface area (Å²) >= 11 is 0. The van der Waals surface area contributed by atoms with Crippen LogP contribution in [0.2, 0.25) is 0 Å². The predicted octanol–water partition coefficient (Wildman–Crippen LogP) is 3.09. The topological polar surface area (TPSA) is 64.4 Å². The maximum absolute atomic E-state index is 4.93. The van der Waals surface area contributed by atoms with Gasteiger partial charge in [0, 0.05) is 6.54 Å². The fourth-order valence-corrected chi connectivity index (χ4v) is 1.07. The maximum atomic E-state index is 4.93. The van der Waals surface area contributed by atoms with Crippen LogP contribution in [0.15, 0.2) is 65.8 Å². The highest BCUT2D eigenvalue weighted by molar-refractivity contribution is 5.75. The van der Waals surface area contributed by atoms with Crippen molar-refractivity contribution in [3.8, 4) is 0 Å². The van der Waals surface area contributed by atoms with E-state index in [4.69, 9.17) is 11.5 Å². The van der Waals surface area contributed by atoms with E-state index in [0.717, 1.165) is 11.1 Å². The van der Waals surface area contributed by atoms with Crippen LogP contribution in [0.25, 0.3) is 0 Å². The van der Waals surface area contributed by atoms with E-state index in [1.54, 1.807) is 0 Å². The van der Waals surface area contributed by atoms with Crippen molar-refractivity contribution in [3.05, 3.63) is 60.8 Å². The third-order valence-electron chi connectivity index (χ3n) is 1.89. The van der Waals surface area contributed by atoms with Gasteiger partial charge < -0.3 is 11.5 Å². The lowest BCUT2D eigenvalue weighted by molar-refractivity contribution is 1.11. The second kappa shape index (κ2) is 13.0. The van der Waals surface area contributed by atoms with Gasteiger partial charge in [-0.25, -0.2) is 0 Å². The van der Waals surface area contributed by atoms with Crippen molar-refractivity contribution in [1.29, 1.82) is 0 Å². The van der Waals surface area contributed by atoms with E-state index in [0.29, 0.717) is 6.54 Å². The Kier molecular flexibility index (Phi) is 13.3. The number of guanidine groups is 1. The van der Waals surface area contributed by atoms with Crippen LogP contribution in [-0.4, -0.2) is 12.5 Å². The lowest BCUT2D eigenvalue weighted by atomic mass is 10.1. The Morgan fingerprint density at radius 1 is 1.11 bits per heavy atom. The first-order chi connectivity index (χ1) is 8.56. The lowest BCUT2D eigenvalue weighted by Crippen LogP contribution is -2.22. The molecule has 0 amide bonds. The minimum absolute atomic E-state index is 0.164. The molecule has 0 spiro atoms. The smallest absolute Gasteiger partial charge is 0.185 e. The van der Waals surface area contributed by atoms with Gasteiger partial charge in [0.1, 0.15) is 0 Å². The van der Waals surface area contributed by atoms with Gasteiger partial charge in [0.05, 0.1) is 0 Å². The summed E-state index contributed by atoms with van der Waals surface area (Å²) in [4.78, 5) is 3.60. The Hall–Kier alpha value is -2.03. The third-order valence-corrected chi connectivity index (χ3v) is 1.89. The minimum Gasteiger partial charge on any atom is -0.370 e. The Morgan fingerprint density at radius 3 is 1.89 bits per heavy atom. The SMILES string of the molecule is C=CC(=C/C)/C(C=C)=C\C=C/C.CCN=C(N)N. The number of hydrogen-bond donors (Lipinski definition) is 2. The largest absolute Gasteiger partial charge is 0.370 e. The summed E-state index contributed by atoms with van der Waals surface area (Å²) in [5.74, 6) is 0.164. The maximum Gasteiger partial charge on any atom is 0.185 e. The summed E-state index contributed by atoms with van der Waals surface area (Å²) in [5.41, 5.74) is 12.1. The molecule has 0 aromatic heterocycles. The quantitative estimate of drug-likeness (QED) is 0.445. The number of hydrogen-bond acceptors (Lipinski definition) is 1. The summed E-state index contributed by atoms with van der Waals surface area (Å²) in [6, 6.07) is 0. The molecule has 0 aliphatic heterocycles. The molecule has 0 aromatic rings. The van der Waals surface area contributed by atoms with E-state index in [1.165, 1.54) is 0 Å². The van der Waals surface area contributed by atoms with Crippen LogP contribution < -0.4 is 11.5 Å². The highest BCUT2D eigenvalue weighted by Crippen LogP contribution is 2.11. The first-order valence-corrected chi connectivity index (χ1v) is 5.87. The van der Waals surface area contributed by atoms with Crippen molar-refractivity contribution in [2.24, 2.45) is 16.5 Å². The normalized spacial score (nSPS) is 11.5. The lowest BCUT2D eigenvalue weighted by Gasteiger charge is -1.99. The average Bonchev–Trinajstić information content (AvgIpc) is 2.35. The molecule has 0 radical (unpaired) electrons. The molecule has 0 heterocycles. The third kappa shape index (κ3) is 10.5. The molecule has 0 aliphatic carbocycles. The van der Waals surface area contributed by atoms with Crippen LogP contribution in [0.4, 0.5) is 0 Å². The summed E-state index contributed by atoms with van der Waals surface area (Å²) < 4.78 is 0. The van der Waals surface area contributed by atoms with Crippen LogP contribution in [0.1, 0.15) is 20.8 Å². The van der Waals surface area contributed by atoms with Gasteiger partial charge in [-0.3, -0.25) is 4.99 Å². The second-order valence-electron chi connectivity index (χ2n) is 3.20. The van der Waals surface area contributed by atoms with Crippen LogP contribution in [0.5, 0.6) is 0 Å². The molecule has 3 nitrogen and oxygen atoms in total. The van der Waals surface area contributed by atoms with Gasteiger partial charge in [-0.2, -0.15) is 0 Å². The number of nitrogens with zero attached hydrogens (tertiary/aromatic N) is 1. The van der Waals surface area contributed by atoms with Crippen molar-refractivity contribution in [3.63, 3.8) is 0 Å². The molecule has 0 atom stereocenters. The zero-order chi connectivity index (χ0) is 14.4. The summed E-state index contributed by atoms with van der Waals surface area (Å²) in [5, 5.41) is 0. The summed E-state index contributed by atoms with van der Waals surface area (Å²) in [6.07, 6.45) is 11.7. The summed E-state index contributed by atoms with van der Waals surface area (Å²) in [6.45, 7) is 14.0. The molecule has 4 N–H and O–H groups in total. The minimum atomic E-state index is 0.164. The molecule has 0 unspecified atom stereocenters. The van der Waals surface area contributed by atoms with Crippen LogP contribution in [0, 0.1) is 0 Å². The van der Waals surface area contributed by atoms with E-state index >= 15 is 0 Å². The molecule has 0 saturated heterocycles. The molecule has 0 aliphatic rings. The summed E-state index contributed by atoms with van der Waals surface area (Å²) in [7, 11) is 0. The van der Waals surface area contributed by atoms with Crippen LogP contribution in [0.3, 0.4) is 0 Å². The first-order valence-electron chi connectivity index (χ1n) is 5.87. The van der Waals surface area contributed by atoms with E-state index in [-0.39, 0.29) is 5.96 Å². The number of allylic oxidation sites excluding steroid dienone is 8. The zero-order valence-corrected chi connectivity index (χ0v) is 11.7. The molecule has 3 heteroatoms. The fourth-order valence-electron chi connectivity index (χ4n) is 1.07. The number of rotatable bonds is 5. The molecule has 100 valence electrons. The average molecular weight is 247 g/mol. The van der Waals surface area contributed by atoms with Gasteiger partial charge in [0.2, 0.25) is 0 Å². The van der Waals surface area contributed by atoms with Crippen LogP contribution in [-0.2, 0) is 0 Å². The zero-order valence-electron chi connectivity index (χ0n) is 11.7. The van der Waals surface area contributed by atoms with Gasteiger partial charge >= 0.3 is 0 Å². The number of nitrogens with two attached hydrogens (primary N) is 2. The Morgan fingerprint density at radius 2 is 1.67 bits per heavy atom. The highest BCUT2D eigenvalue weighted by Gasteiger charge is 1.92. The predicted molar refractivity (Wildman–Crippen MR) is 83.4 cm³/mol. The number of aliphatic imine (C=N–C) groups is 1. The van der Waals surface area contributed by atoms with Gasteiger partial charge in [-0.05, 0) is 31.9 Å². The Bertz CT molecular complexity index is 354. The molecule has 0 rings (SSSR count). The monoisotopic (exact) mass is 247 g/mol. The highest BCUT2D eigenvalue weighted by atomic mass is 15.0. The van der Waals surface area contributed by atoms with Crippen molar-refractivity contribution in [2.45, 2.75) is 20.8 Å². The molecular formula is C15H25N3. The Balaban J connectivity index is 0. The molecular weight excluding hydrogens is 222 g/mol. The van der Waals surface area contributed by atoms with E-state index in [2.05, 4.69) is 18.2 Å².